The van der Waals surface area contributed by atoms with Crippen molar-refractivity contribution in [3.8, 4) is 11.5 Å². The van der Waals surface area contributed by atoms with Gasteiger partial charge in [0.25, 0.3) is 0 Å². The predicted octanol–water partition coefficient (Wildman–Crippen LogP) is 4.16. The summed E-state index contributed by atoms with van der Waals surface area (Å²) in [6.45, 7) is 4.81. The van der Waals surface area contributed by atoms with Gasteiger partial charge in [-0.1, -0.05) is 0 Å². The molecule has 1 amide bonds. The number of benzene rings is 2. The van der Waals surface area contributed by atoms with E-state index < -0.39 is 53.4 Å². The quantitative estimate of drug-likeness (QED) is 0.473. The molecule has 1 aliphatic rings. The molecule has 0 aromatic heterocycles. The Balaban J connectivity index is 1.77. The maximum Gasteiger partial charge on any atom is 0.573 e. The van der Waals surface area contributed by atoms with Crippen molar-refractivity contribution in [1.29, 1.82) is 0 Å². The third kappa shape index (κ3) is 7.79. The van der Waals surface area contributed by atoms with Gasteiger partial charge in [0.2, 0.25) is 5.91 Å². The van der Waals surface area contributed by atoms with Crippen LogP contribution >= 0.6 is 0 Å². The molecule has 192 valence electrons. The Kier molecular flexibility index (Phi) is 7.90. The number of fused-ring (bicyclic) bond motifs is 1. The van der Waals surface area contributed by atoms with Crippen molar-refractivity contribution in [3.05, 3.63) is 59.2 Å². The van der Waals surface area contributed by atoms with Crippen LogP contribution in [0, 0.1) is 11.6 Å². The van der Waals surface area contributed by atoms with Crippen LogP contribution < -0.4 is 20.1 Å². The molecule has 2 aromatic carbocycles. The summed E-state index contributed by atoms with van der Waals surface area (Å²) in [7, 11) is 0. The minimum Gasteiger partial charge on any atom is -0.487 e. The fourth-order valence-electron chi connectivity index (χ4n) is 4.14. The molecule has 3 rings (SSSR count). The van der Waals surface area contributed by atoms with Gasteiger partial charge in [0.15, 0.2) is 0 Å². The number of amides is 1. The molecule has 35 heavy (non-hydrogen) atoms. The second kappa shape index (κ2) is 10.4. The number of halogens is 5. The third-order valence-electron chi connectivity index (χ3n) is 5.48. The van der Waals surface area contributed by atoms with Gasteiger partial charge in [-0.05, 0) is 56.2 Å². The lowest BCUT2D eigenvalue weighted by Crippen LogP contribution is -2.49. The number of rotatable bonds is 8. The van der Waals surface area contributed by atoms with E-state index in [1.807, 2.05) is 13.8 Å². The molecule has 1 heterocycles. The van der Waals surface area contributed by atoms with E-state index in [9.17, 15) is 31.9 Å². The van der Waals surface area contributed by atoms with E-state index in [0.29, 0.717) is 17.7 Å². The molecule has 0 spiro atoms. The van der Waals surface area contributed by atoms with Crippen LogP contribution in [-0.4, -0.2) is 41.7 Å². The smallest absolute Gasteiger partial charge is 0.487 e. The van der Waals surface area contributed by atoms with Crippen LogP contribution in [0.1, 0.15) is 44.4 Å². The summed E-state index contributed by atoms with van der Waals surface area (Å²) >= 11 is 0. The number of carbonyl (C=O) groups is 1. The van der Waals surface area contributed by atoms with Crippen LogP contribution in [0.4, 0.5) is 22.0 Å². The monoisotopic (exact) mass is 502 g/mol. The summed E-state index contributed by atoms with van der Waals surface area (Å²) in [6, 6.07) is 5.32. The highest BCUT2D eigenvalue weighted by Crippen LogP contribution is 2.41. The first-order valence-corrected chi connectivity index (χ1v) is 10.9. The van der Waals surface area contributed by atoms with Gasteiger partial charge >= 0.3 is 6.36 Å². The van der Waals surface area contributed by atoms with Gasteiger partial charge in [0, 0.05) is 37.6 Å². The van der Waals surface area contributed by atoms with Crippen LogP contribution in [0.2, 0.25) is 0 Å². The van der Waals surface area contributed by atoms with Crippen LogP contribution in [-0.2, 0) is 11.2 Å². The summed E-state index contributed by atoms with van der Waals surface area (Å²) in [4.78, 5) is 11.7. The second-order valence-corrected chi connectivity index (χ2v) is 9.13. The molecule has 0 fully saturated rings. The number of ether oxygens (including phenoxy) is 2. The van der Waals surface area contributed by atoms with Gasteiger partial charge in [0.1, 0.15) is 28.7 Å². The van der Waals surface area contributed by atoms with E-state index >= 15 is 0 Å². The lowest BCUT2D eigenvalue weighted by atomic mass is 9.89. The zero-order chi connectivity index (χ0) is 26.0. The van der Waals surface area contributed by atoms with Crippen LogP contribution in [0.5, 0.6) is 11.5 Å². The molecule has 2 aromatic rings. The Labute approximate surface area is 199 Å². The molecule has 0 saturated carbocycles. The van der Waals surface area contributed by atoms with E-state index in [1.165, 1.54) is 19.1 Å². The van der Waals surface area contributed by atoms with Crippen LogP contribution in [0.25, 0.3) is 0 Å². The van der Waals surface area contributed by atoms with Crippen molar-refractivity contribution in [3.63, 3.8) is 0 Å². The topological polar surface area (TPSA) is 79.8 Å². The summed E-state index contributed by atoms with van der Waals surface area (Å²) in [5.74, 6) is -2.05. The highest BCUT2D eigenvalue weighted by molar-refractivity contribution is 5.73. The summed E-state index contributed by atoms with van der Waals surface area (Å²) < 4.78 is 75.1. The van der Waals surface area contributed by atoms with E-state index in [1.54, 1.807) is 0 Å². The van der Waals surface area contributed by atoms with Gasteiger partial charge < -0.3 is 25.2 Å². The number of aliphatic hydroxyl groups excluding tert-OH is 1. The molecule has 3 N–H and O–H groups in total. The lowest BCUT2D eigenvalue weighted by molar-refractivity contribution is -0.274. The van der Waals surface area contributed by atoms with Gasteiger partial charge in [-0.15, -0.1) is 13.2 Å². The normalized spacial score (nSPS) is 18.7. The van der Waals surface area contributed by atoms with E-state index in [0.717, 1.165) is 24.3 Å². The highest BCUT2D eigenvalue weighted by Gasteiger charge is 2.36. The summed E-state index contributed by atoms with van der Waals surface area (Å²) in [5.41, 5.74) is 0.00589. The molecular formula is C24H27F5N2O4. The van der Waals surface area contributed by atoms with E-state index in [2.05, 4.69) is 15.4 Å². The number of hydrogen-bond acceptors (Lipinski definition) is 5. The Morgan fingerprint density at radius 2 is 1.86 bits per heavy atom. The van der Waals surface area contributed by atoms with Crippen molar-refractivity contribution in [2.75, 3.05) is 6.54 Å². The molecule has 0 unspecified atom stereocenters. The van der Waals surface area contributed by atoms with Crippen LogP contribution in [0.15, 0.2) is 36.4 Å². The number of nitrogens with one attached hydrogen (secondary N) is 2. The first kappa shape index (κ1) is 26.7. The summed E-state index contributed by atoms with van der Waals surface area (Å²) in [6.07, 6.45) is -5.72. The highest BCUT2D eigenvalue weighted by atomic mass is 19.4. The van der Waals surface area contributed by atoms with Crippen molar-refractivity contribution >= 4 is 5.91 Å². The first-order valence-electron chi connectivity index (χ1n) is 10.9. The zero-order valence-corrected chi connectivity index (χ0v) is 19.4. The minimum atomic E-state index is -4.86. The molecule has 0 aliphatic carbocycles. The SMILES string of the molecule is CC(=O)N[C@@H](Cc1cc(F)cc(F)c1)[C@H](O)CN[C@H]1CC(C)(C)Oc2ccc(OC(F)(F)F)cc21. The fraction of sp³-hybridized carbons (Fsp3) is 0.458. The molecule has 0 bridgehead atoms. The number of aliphatic hydroxyl groups is 1. The molecule has 1 aliphatic heterocycles. The Morgan fingerprint density at radius 1 is 1.20 bits per heavy atom. The minimum absolute atomic E-state index is 0.0451. The molecular weight excluding hydrogens is 475 g/mol. The van der Waals surface area contributed by atoms with Gasteiger partial charge in [-0.3, -0.25) is 4.79 Å². The second-order valence-electron chi connectivity index (χ2n) is 9.13. The molecule has 3 atom stereocenters. The van der Waals surface area contributed by atoms with Crippen molar-refractivity contribution in [2.45, 2.75) is 63.8 Å². The van der Waals surface area contributed by atoms with E-state index in [4.69, 9.17) is 4.74 Å². The van der Waals surface area contributed by atoms with Gasteiger partial charge in [-0.2, -0.15) is 0 Å². The molecule has 6 nitrogen and oxygen atoms in total. The van der Waals surface area contributed by atoms with Crippen molar-refractivity contribution in [1.82, 2.24) is 10.6 Å². The predicted molar refractivity (Wildman–Crippen MR) is 117 cm³/mol. The Morgan fingerprint density at radius 3 is 2.46 bits per heavy atom. The molecule has 11 heteroatoms. The molecule has 0 saturated heterocycles. The number of hydrogen-bond donors (Lipinski definition) is 3. The number of carbonyl (C=O) groups excluding carboxylic acids is 1. The van der Waals surface area contributed by atoms with Gasteiger partial charge in [-0.25, -0.2) is 8.78 Å². The standard InChI is InChI=1S/C24H27F5N2O4/c1-13(32)31-19(8-14-6-15(25)9-16(26)7-14)21(33)12-30-20-11-23(2,3)35-22-5-4-17(10-18(20)22)34-24(27,28)29/h4-7,9-10,19-21,30,33H,8,11-12H2,1-3H3,(H,31,32)/t19-,20-,21+/m0/s1. The van der Waals surface area contributed by atoms with Crippen molar-refractivity contribution < 1.29 is 41.3 Å². The van der Waals surface area contributed by atoms with Crippen LogP contribution in [0.3, 0.4) is 0 Å². The average Bonchev–Trinajstić information content (AvgIpc) is 2.69. The molecule has 0 radical (unpaired) electrons. The third-order valence-corrected chi connectivity index (χ3v) is 5.48. The largest absolute Gasteiger partial charge is 0.573 e. The lowest BCUT2D eigenvalue weighted by Gasteiger charge is -2.38. The van der Waals surface area contributed by atoms with Gasteiger partial charge in [0.05, 0.1) is 12.1 Å². The van der Waals surface area contributed by atoms with Crippen molar-refractivity contribution in [2.24, 2.45) is 0 Å². The zero-order valence-electron chi connectivity index (χ0n) is 19.4. The van der Waals surface area contributed by atoms with E-state index in [-0.39, 0.29) is 18.5 Å². The first-order chi connectivity index (χ1) is 16.2. The maximum absolute atomic E-state index is 13.6. The maximum atomic E-state index is 13.6. The average molecular weight is 502 g/mol. The fourth-order valence-corrected chi connectivity index (χ4v) is 4.14. The number of alkyl halides is 3. The Hall–Kier alpha value is -2.92. The summed E-state index contributed by atoms with van der Waals surface area (Å²) in [5, 5.41) is 16.5. The Bertz CT molecular complexity index is 1040.